The fourth-order valence-corrected chi connectivity index (χ4v) is 1.59. The standard InChI is InChI=1S/C9H13NO2S/c1-7-5-8(3-4-9(7)10)6-13(11)12-2/h3-5H,6,10H2,1-2H3. The molecule has 1 rings (SSSR count). The van der Waals surface area contributed by atoms with Crippen molar-refractivity contribution in [3.63, 3.8) is 0 Å². The Morgan fingerprint density at radius 2 is 2.23 bits per heavy atom. The number of aryl methyl sites for hydroxylation is 1. The number of hydrogen-bond acceptors (Lipinski definition) is 3. The third-order valence-electron chi connectivity index (χ3n) is 1.80. The average molecular weight is 199 g/mol. The zero-order valence-electron chi connectivity index (χ0n) is 7.74. The van der Waals surface area contributed by atoms with Crippen molar-refractivity contribution in [2.24, 2.45) is 0 Å². The molecule has 0 radical (unpaired) electrons. The summed E-state index contributed by atoms with van der Waals surface area (Å²) in [6.07, 6.45) is 0. The lowest BCUT2D eigenvalue weighted by Gasteiger charge is -2.03. The van der Waals surface area contributed by atoms with Crippen LogP contribution in [-0.4, -0.2) is 11.3 Å². The largest absolute Gasteiger partial charge is 0.399 e. The maximum atomic E-state index is 11.0. The molecule has 0 saturated heterocycles. The lowest BCUT2D eigenvalue weighted by molar-refractivity contribution is 0.445. The fourth-order valence-electron chi connectivity index (χ4n) is 1.02. The molecule has 1 aromatic carbocycles. The molecule has 0 aliphatic heterocycles. The monoisotopic (exact) mass is 199 g/mol. The average Bonchev–Trinajstić information content (AvgIpc) is 2.11. The zero-order valence-corrected chi connectivity index (χ0v) is 8.56. The molecule has 0 fully saturated rings. The van der Waals surface area contributed by atoms with Gasteiger partial charge in [-0.05, 0) is 24.1 Å². The molecule has 2 N–H and O–H groups in total. The van der Waals surface area contributed by atoms with Gasteiger partial charge in [-0.15, -0.1) is 0 Å². The molecule has 4 heteroatoms. The molecule has 0 amide bonds. The highest BCUT2D eigenvalue weighted by atomic mass is 32.2. The van der Waals surface area contributed by atoms with Crippen molar-refractivity contribution < 1.29 is 8.39 Å². The number of benzene rings is 1. The van der Waals surface area contributed by atoms with Gasteiger partial charge in [-0.3, -0.25) is 4.18 Å². The summed E-state index contributed by atoms with van der Waals surface area (Å²) in [5.41, 5.74) is 8.39. The number of anilines is 1. The Labute approximate surface area is 80.6 Å². The first-order valence-electron chi connectivity index (χ1n) is 3.91. The van der Waals surface area contributed by atoms with Gasteiger partial charge in [0.25, 0.3) is 0 Å². The van der Waals surface area contributed by atoms with Crippen LogP contribution < -0.4 is 5.73 Å². The summed E-state index contributed by atoms with van der Waals surface area (Å²) in [6.45, 7) is 1.93. The normalized spacial score (nSPS) is 12.8. The van der Waals surface area contributed by atoms with Crippen molar-refractivity contribution in [2.75, 3.05) is 12.8 Å². The molecule has 0 spiro atoms. The minimum Gasteiger partial charge on any atom is -0.399 e. The second kappa shape index (κ2) is 4.39. The van der Waals surface area contributed by atoms with Crippen molar-refractivity contribution in [1.29, 1.82) is 0 Å². The predicted molar refractivity (Wildman–Crippen MR) is 54.4 cm³/mol. The molecule has 0 aromatic heterocycles. The van der Waals surface area contributed by atoms with E-state index in [0.29, 0.717) is 5.75 Å². The van der Waals surface area contributed by atoms with E-state index >= 15 is 0 Å². The van der Waals surface area contributed by atoms with Crippen LogP contribution in [0.3, 0.4) is 0 Å². The van der Waals surface area contributed by atoms with Crippen LogP contribution >= 0.6 is 0 Å². The zero-order chi connectivity index (χ0) is 9.84. The van der Waals surface area contributed by atoms with Crippen LogP contribution in [0.1, 0.15) is 11.1 Å². The van der Waals surface area contributed by atoms with Gasteiger partial charge < -0.3 is 5.73 Å². The van der Waals surface area contributed by atoms with Crippen molar-refractivity contribution in [3.05, 3.63) is 29.3 Å². The summed E-state index contributed by atoms with van der Waals surface area (Å²) in [7, 11) is 1.43. The van der Waals surface area contributed by atoms with Gasteiger partial charge in [0.2, 0.25) is 0 Å². The third-order valence-corrected chi connectivity index (χ3v) is 2.75. The Balaban J connectivity index is 2.79. The lowest BCUT2D eigenvalue weighted by Crippen LogP contribution is -1.98. The van der Waals surface area contributed by atoms with E-state index in [1.165, 1.54) is 7.11 Å². The fraction of sp³-hybridized carbons (Fsp3) is 0.333. The van der Waals surface area contributed by atoms with Crippen molar-refractivity contribution >= 4 is 16.8 Å². The molecule has 0 aliphatic carbocycles. The first-order chi connectivity index (χ1) is 6.13. The third kappa shape index (κ3) is 2.82. The van der Waals surface area contributed by atoms with Crippen LogP contribution in [0.15, 0.2) is 18.2 Å². The maximum Gasteiger partial charge on any atom is 0.159 e. The molecule has 0 bridgehead atoms. The summed E-state index contributed by atoms with van der Waals surface area (Å²) in [5.74, 6) is 0.414. The number of rotatable bonds is 3. The molecule has 0 aliphatic rings. The Morgan fingerprint density at radius 3 is 2.77 bits per heavy atom. The maximum absolute atomic E-state index is 11.0. The van der Waals surface area contributed by atoms with Gasteiger partial charge in [-0.1, -0.05) is 12.1 Å². The highest BCUT2D eigenvalue weighted by molar-refractivity contribution is 7.79. The van der Waals surface area contributed by atoms with Gasteiger partial charge in [0.1, 0.15) is 0 Å². The minimum absolute atomic E-state index is 0.414. The molecule has 0 heterocycles. The SMILES string of the molecule is COS(=O)Cc1ccc(N)c(C)c1. The first kappa shape index (κ1) is 10.2. The molecule has 1 aromatic rings. The van der Waals surface area contributed by atoms with Gasteiger partial charge >= 0.3 is 0 Å². The van der Waals surface area contributed by atoms with Crippen molar-refractivity contribution in [2.45, 2.75) is 12.7 Å². The van der Waals surface area contributed by atoms with E-state index in [0.717, 1.165) is 16.8 Å². The van der Waals surface area contributed by atoms with Crippen LogP contribution in [0.2, 0.25) is 0 Å². The minimum atomic E-state index is -1.23. The van der Waals surface area contributed by atoms with E-state index in [2.05, 4.69) is 4.18 Å². The Morgan fingerprint density at radius 1 is 1.54 bits per heavy atom. The summed E-state index contributed by atoms with van der Waals surface area (Å²) in [6, 6.07) is 5.60. The van der Waals surface area contributed by atoms with Gasteiger partial charge in [-0.2, -0.15) is 0 Å². The molecule has 0 saturated carbocycles. The van der Waals surface area contributed by atoms with Crippen LogP contribution in [0.5, 0.6) is 0 Å². The van der Waals surface area contributed by atoms with E-state index < -0.39 is 11.1 Å². The highest BCUT2D eigenvalue weighted by Crippen LogP contribution is 2.13. The molecule has 3 nitrogen and oxygen atoms in total. The second-order valence-electron chi connectivity index (χ2n) is 2.81. The van der Waals surface area contributed by atoms with Crippen molar-refractivity contribution in [1.82, 2.24) is 0 Å². The van der Waals surface area contributed by atoms with E-state index in [4.69, 9.17) is 5.73 Å². The highest BCUT2D eigenvalue weighted by Gasteiger charge is 2.01. The van der Waals surface area contributed by atoms with Crippen LogP contribution in [0.4, 0.5) is 5.69 Å². The van der Waals surface area contributed by atoms with Gasteiger partial charge in [0, 0.05) is 5.69 Å². The quantitative estimate of drug-likeness (QED) is 0.748. The van der Waals surface area contributed by atoms with E-state index in [-0.39, 0.29) is 0 Å². The number of nitrogen functional groups attached to an aromatic ring is 1. The van der Waals surface area contributed by atoms with E-state index in [1.54, 1.807) is 0 Å². The Hall–Kier alpha value is -0.870. The second-order valence-corrected chi connectivity index (χ2v) is 4.04. The molecule has 13 heavy (non-hydrogen) atoms. The van der Waals surface area contributed by atoms with Crippen molar-refractivity contribution in [3.8, 4) is 0 Å². The summed E-state index contributed by atoms with van der Waals surface area (Å²) < 4.78 is 15.7. The lowest BCUT2D eigenvalue weighted by atomic mass is 10.1. The molecular formula is C9H13NO2S. The molecular weight excluding hydrogens is 186 g/mol. The molecule has 1 atom stereocenters. The van der Waals surface area contributed by atoms with Crippen LogP contribution in [-0.2, 0) is 21.0 Å². The van der Waals surface area contributed by atoms with E-state index in [1.807, 2.05) is 25.1 Å². The molecule has 72 valence electrons. The summed E-state index contributed by atoms with van der Waals surface area (Å²) in [5, 5.41) is 0. The summed E-state index contributed by atoms with van der Waals surface area (Å²) in [4.78, 5) is 0. The van der Waals surface area contributed by atoms with E-state index in [9.17, 15) is 4.21 Å². The first-order valence-corrected chi connectivity index (χ1v) is 5.15. The Bertz CT molecular complexity index is 325. The van der Waals surface area contributed by atoms with Gasteiger partial charge in [-0.25, -0.2) is 4.21 Å². The Kier molecular flexibility index (Phi) is 3.45. The smallest absolute Gasteiger partial charge is 0.159 e. The molecule has 1 unspecified atom stereocenters. The summed E-state index contributed by atoms with van der Waals surface area (Å²) >= 11 is -1.23. The van der Waals surface area contributed by atoms with Crippen LogP contribution in [0.25, 0.3) is 0 Å². The topological polar surface area (TPSA) is 52.3 Å². The number of hydrogen-bond donors (Lipinski definition) is 1. The number of nitrogens with two attached hydrogens (primary N) is 1. The predicted octanol–water partition coefficient (Wildman–Crippen LogP) is 1.39. The van der Waals surface area contributed by atoms with Gasteiger partial charge in [0.15, 0.2) is 11.1 Å². The van der Waals surface area contributed by atoms with Crippen LogP contribution in [0, 0.1) is 6.92 Å². The van der Waals surface area contributed by atoms with Gasteiger partial charge in [0.05, 0.1) is 12.9 Å².